The zero-order valence-corrected chi connectivity index (χ0v) is 21.2. The molecule has 0 aliphatic heterocycles. The smallest absolute Gasteiger partial charge is 0.242 e. The van der Waals surface area contributed by atoms with Crippen molar-refractivity contribution in [3.63, 3.8) is 0 Å². The first-order valence-corrected chi connectivity index (χ1v) is 12.6. The minimum atomic E-state index is -0.0331. The van der Waals surface area contributed by atoms with E-state index in [0.29, 0.717) is 19.0 Å². The molecule has 32 heavy (non-hydrogen) atoms. The predicted molar refractivity (Wildman–Crippen MR) is 132 cm³/mol. The number of halogens is 1. The maximum Gasteiger partial charge on any atom is 0.242 e. The summed E-state index contributed by atoms with van der Waals surface area (Å²) in [6.07, 6.45) is 7.74. The third-order valence-electron chi connectivity index (χ3n) is 6.21. The molecule has 0 saturated heterocycles. The van der Waals surface area contributed by atoms with E-state index in [1.807, 2.05) is 4.90 Å². The van der Waals surface area contributed by atoms with Crippen molar-refractivity contribution < 1.29 is 9.59 Å². The molecular weight excluding hydrogens is 466 g/mol. The van der Waals surface area contributed by atoms with Gasteiger partial charge in [0.15, 0.2) is 0 Å². The van der Waals surface area contributed by atoms with Gasteiger partial charge in [-0.2, -0.15) is 0 Å². The lowest BCUT2D eigenvalue weighted by Gasteiger charge is -2.36. The van der Waals surface area contributed by atoms with Crippen molar-refractivity contribution >= 4 is 27.7 Å². The summed E-state index contributed by atoms with van der Waals surface area (Å²) >= 11 is 3.50. The van der Waals surface area contributed by atoms with Crippen LogP contribution in [0.15, 0.2) is 47.1 Å². The van der Waals surface area contributed by atoms with Gasteiger partial charge in [-0.1, -0.05) is 61.2 Å². The van der Waals surface area contributed by atoms with Crippen LogP contribution < -0.4 is 0 Å². The standard InChI is InChI=1S/C26H36BrN3O2/c1-20(2)16-29(21(3)31)19-26(32)30(24-8-5-4-6-9-24)18-25-10-7-15-28(25)17-22-11-13-23(27)14-12-22/h7,10-15,20,24H,4-6,8-9,16-19H2,1-3H3. The summed E-state index contributed by atoms with van der Waals surface area (Å²) in [4.78, 5) is 29.4. The molecule has 0 radical (unpaired) electrons. The second kappa shape index (κ2) is 11.7. The highest BCUT2D eigenvalue weighted by Gasteiger charge is 2.28. The summed E-state index contributed by atoms with van der Waals surface area (Å²) in [5.41, 5.74) is 2.35. The maximum absolute atomic E-state index is 13.5. The number of benzene rings is 1. The first-order chi connectivity index (χ1) is 15.3. The van der Waals surface area contributed by atoms with E-state index < -0.39 is 0 Å². The van der Waals surface area contributed by atoms with Gasteiger partial charge in [0.1, 0.15) is 0 Å². The molecule has 1 aromatic heterocycles. The topological polar surface area (TPSA) is 45.6 Å². The fourth-order valence-electron chi connectivity index (χ4n) is 4.52. The number of rotatable bonds is 9. The van der Waals surface area contributed by atoms with E-state index in [1.54, 1.807) is 11.8 Å². The van der Waals surface area contributed by atoms with Crippen molar-refractivity contribution in [2.75, 3.05) is 13.1 Å². The average Bonchev–Trinajstić information content (AvgIpc) is 3.20. The van der Waals surface area contributed by atoms with Crippen molar-refractivity contribution in [3.05, 3.63) is 58.3 Å². The number of hydrogen-bond acceptors (Lipinski definition) is 2. The van der Waals surface area contributed by atoms with Gasteiger partial charge in [-0.25, -0.2) is 0 Å². The number of carbonyl (C=O) groups is 2. The summed E-state index contributed by atoms with van der Waals surface area (Å²) in [5, 5.41) is 0. The summed E-state index contributed by atoms with van der Waals surface area (Å²) in [6.45, 7) is 7.85. The van der Waals surface area contributed by atoms with E-state index >= 15 is 0 Å². The van der Waals surface area contributed by atoms with Crippen molar-refractivity contribution in [2.45, 2.75) is 72.0 Å². The van der Waals surface area contributed by atoms with Crippen LogP contribution in [0.5, 0.6) is 0 Å². The van der Waals surface area contributed by atoms with E-state index in [9.17, 15) is 9.59 Å². The van der Waals surface area contributed by atoms with Crippen LogP contribution in [0.3, 0.4) is 0 Å². The van der Waals surface area contributed by atoms with E-state index in [2.05, 4.69) is 76.9 Å². The minimum absolute atomic E-state index is 0.0331. The highest BCUT2D eigenvalue weighted by Crippen LogP contribution is 2.25. The fourth-order valence-corrected chi connectivity index (χ4v) is 4.79. The van der Waals surface area contributed by atoms with Crippen LogP contribution in [0.4, 0.5) is 0 Å². The van der Waals surface area contributed by atoms with Crippen molar-refractivity contribution in [1.29, 1.82) is 0 Å². The monoisotopic (exact) mass is 501 g/mol. The molecule has 5 nitrogen and oxygen atoms in total. The Labute approximate surface area is 200 Å². The van der Waals surface area contributed by atoms with Gasteiger partial charge in [-0.15, -0.1) is 0 Å². The Kier molecular flexibility index (Phi) is 8.97. The summed E-state index contributed by atoms with van der Waals surface area (Å²) in [6, 6.07) is 12.8. The van der Waals surface area contributed by atoms with Crippen LogP contribution in [0.2, 0.25) is 0 Å². The van der Waals surface area contributed by atoms with E-state index in [1.165, 1.54) is 12.0 Å². The predicted octanol–water partition coefficient (Wildman–Crippen LogP) is 5.46. The van der Waals surface area contributed by atoms with E-state index in [4.69, 9.17) is 0 Å². The Hall–Kier alpha value is -2.08. The average molecular weight is 502 g/mol. The molecule has 174 valence electrons. The van der Waals surface area contributed by atoms with Crippen LogP contribution in [0.25, 0.3) is 0 Å². The molecule has 1 heterocycles. The largest absolute Gasteiger partial charge is 0.345 e. The lowest BCUT2D eigenvalue weighted by molar-refractivity contribution is -0.142. The highest BCUT2D eigenvalue weighted by molar-refractivity contribution is 9.10. The van der Waals surface area contributed by atoms with Crippen LogP contribution in [-0.2, 0) is 22.7 Å². The number of aromatic nitrogens is 1. The molecule has 1 fully saturated rings. The number of nitrogens with zero attached hydrogens (tertiary/aromatic N) is 3. The highest BCUT2D eigenvalue weighted by atomic mass is 79.9. The number of hydrogen-bond donors (Lipinski definition) is 0. The molecule has 0 atom stereocenters. The lowest BCUT2D eigenvalue weighted by atomic mass is 9.94. The van der Waals surface area contributed by atoms with Crippen LogP contribution in [-0.4, -0.2) is 45.3 Å². The summed E-state index contributed by atoms with van der Waals surface area (Å²) in [7, 11) is 0. The molecule has 2 amide bonds. The molecular formula is C26H36BrN3O2. The summed E-state index contributed by atoms with van der Waals surface area (Å²) < 4.78 is 3.29. The second-order valence-corrected chi connectivity index (χ2v) is 10.3. The molecule has 1 aromatic carbocycles. The first kappa shape index (κ1) is 24.6. The van der Waals surface area contributed by atoms with Gasteiger partial charge in [0.2, 0.25) is 11.8 Å². The number of carbonyl (C=O) groups excluding carboxylic acids is 2. The third-order valence-corrected chi connectivity index (χ3v) is 6.74. The molecule has 1 aliphatic rings. The fraction of sp³-hybridized carbons (Fsp3) is 0.538. The van der Waals surface area contributed by atoms with Crippen molar-refractivity contribution in [3.8, 4) is 0 Å². The van der Waals surface area contributed by atoms with Gasteiger partial charge in [0.05, 0.1) is 13.1 Å². The molecule has 3 rings (SSSR count). The van der Waals surface area contributed by atoms with Crippen LogP contribution in [0.1, 0.15) is 64.1 Å². The SMILES string of the molecule is CC(=O)N(CC(=O)N(Cc1cccn1Cc1ccc(Br)cc1)C1CCCCC1)CC(C)C. The summed E-state index contributed by atoms with van der Waals surface area (Å²) in [5.74, 6) is 0.358. The van der Waals surface area contributed by atoms with Gasteiger partial charge in [-0.05, 0) is 48.6 Å². The third kappa shape index (κ3) is 6.96. The Bertz CT molecular complexity index is 885. The Morgan fingerprint density at radius 1 is 1.09 bits per heavy atom. The second-order valence-electron chi connectivity index (χ2n) is 9.36. The molecule has 6 heteroatoms. The Balaban J connectivity index is 1.78. The van der Waals surface area contributed by atoms with Crippen LogP contribution in [0, 0.1) is 5.92 Å². The van der Waals surface area contributed by atoms with Gasteiger partial charge < -0.3 is 14.4 Å². The van der Waals surface area contributed by atoms with Gasteiger partial charge in [-0.3, -0.25) is 9.59 Å². The quantitative estimate of drug-likeness (QED) is 0.457. The number of amides is 2. The van der Waals surface area contributed by atoms with Gasteiger partial charge in [0, 0.05) is 42.4 Å². The van der Waals surface area contributed by atoms with E-state index in [0.717, 1.165) is 42.4 Å². The van der Waals surface area contributed by atoms with Crippen LogP contribution >= 0.6 is 15.9 Å². The zero-order chi connectivity index (χ0) is 23.1. The Morgan fingerprint density at radius 3 is 2.41 bits per heavy atom. The molecule has 0 unspecified atom stereocenters. The minimum Gasteiger partial charge on any atom is -0.345 e. The zero-order valence-electron chi connectivity index (χ0n) is 19.6. The molecule has 0 bridgehead atoms. The maximum atomic E-state index is 13.5. The van der Waals surface area contributed by atoms with Crippen molar-refractivity contribution in [1.82, 2.24) is 14.4 Å². The molecule has 1 aliphatic carbocycles. The van der Waals surface area contributed by atoms with Crippen molar-refractivity contribution in [2.24, 2.45) is 5.92 Å². The normalized spacial score (nSPS) is 14.5. The van der Waals surface area contributed by atoms with Gasteiger partial charge >= 0.3 is 0 Å². The molecule has 0 N–H and O–H groups in total. The molecule has 2 aromatic rings. The van der Waals surface area contributed by atoms with Gasteiger partial charge in [0.25, 0.3) is 0 Å². The lowest BCUT2D eigenvalue weighted by Crippen LogP contribution is -2.47. The molecule has 1 saturated carbocycles. The molecule has 0 spiro atoms. The first-order valence-electron chi connectivity index (χ1n) is 11.8. The van der Waals surface area contributed by atoms with E-state index in [-0.39, 0.29) is 24.4 Å². The Morgan fingerprint density at radius 2 is 1.78 bits per heavy atom.